The number of nitrogens with zero attached hydrogens (tertiary/aromatic N) is 3. The first-order valence-corrected chi connectivity index (χ1v) is 5.67. The molecular formula is C11H5Cl2F3N4. The molecule has 0 atom stereocenters. The molecule has 1 N–H and O–H groups in total. The summed E-state index contributed by atoms with van der Waals surface area (Å²) in [5.41, 5.74) is 1.07. The molecule has 1 aromatic carbocycles. The summed E-state index contributed by atoms with van der Waals surface area (Å²) in [6.07, 6.45) is -4.57. The molecule has 1 rings (SSSR count). The summed E-state index contributed by atoms with van der Waals surface area (Å²) in [6.45, 7) is 6.32. The SMILES string of the molecule is [C-]#[N+]C/C(C#N)=N\Nc1c(Cl)cc(C(F)(F)F)cc1Cl. The highest BCUT2D eigenvalue weighted by Gasteiger charge is 2.32. The van der Waals surface area contributed by atoms with Gasteiger partial charge in [0.05, 0.1) is 21.3 Å². The van der Waals surface area contributed by atoms with E-state index in [0.29, 0.717) is 12.1 Å². The molecule has 0 aliphatic heterocycles. The Balaban J connectivity index is 3.11. The van der Waals surface area contributed by atoms with Gasteiger partial charge in [0.2, 0.25) is 5.71 Å². The number of alkyl halides is 3. The zero-order valence-corrected chi connectivity index (χ0v) is 11.1. The summed E-state index contributed by atoms with van der Waals surface area (Å²) >= 11 is 11.4. The lowest BCUT2D eigenvalue weighted by Crippen LogP contribution is -2.07. The summed E-state index contributed by atoms with van der Waals surface area (Å²) in [4.78, 5) is 2.95. The van der Waals surface area contributed by atoms with Gasteiger partial charge >= 0.3 is 6.18 Å². The number of hydrazone groups is 1. The molecule has 0 unspecified atom stereocenters. The molecule has 4 nitrogen and oxygen atoms in total. The Labute approximate surface area is 122 Å². The summed E-state index contributed by atoms with van der Waals surface area (Å²) in [6, 6.07) is 3.03. The maximum atomic E-state index is 12.5. The molecule has 0 fully saturated rings. The van der Waals surface area contributed by atoms with Crippen LogP contribution in [0.1, 0.15) is 5.56 Å². The van der Waals surface area contributed by atoms with Crippen molar-refractivity contribution in [1.82, 2.24) is 0 Å². The van der Waals surface area contributed by atoms with Crippen molar-refractivity contribution >= 4 is 34.6 Å². The number of hydrogen-bond acceptors (Lipinski definition) is 3. The van der Waals surface area contributed by atoms with Gasteiger partial charge < -0.3 is 4.85 Å². The third-order valence-corrected chi connectivity index (χ3v) is 2.63. The van der Waals surface area contributed by atoms with Crippen LogP contribution in [0.2, 0.25) is 10.0 Å². The van der Waals surface area contributed by atoms with Gasteiger partial charge in [0.1, 0.15) is 6.07 Å². The maximum Gasteiger partial charge on any atom is 0.416 e. The van der Waals surface area contributed by atoms with Crippen LogP contribution in [0.3, 0.4) is 0 Å². The van der Waals surface area contributed by atoms with Crippen LogP contribution in [-0.2, 0) is 6.18 Å². The molecule has 0 spiro atoms. The van der Waals surface area contributed by atoms with Crippen LogP contribution >= 0.6 is 23.2 Å². The fourth-order valence-electron chi connectivity index (χ4n) is 1.14. The monoisotopic (exact) mass is 320 g/mol. The van der Waals surface area contributed by atoms with Crippen LogP contribution in [0.25, 0.3) is 4.85 Å². The van der Waals surface area contributed by atoms with Crippen LogP contribution in [0, 0.1) is 17.9 Å². The van der Waals surface area contributed by atoms with Gasteiger partial charge in [0.15, 0.2) is 0 Å². The first kappa shape index (κ1) is 16.1. The van der Waals surface area contributed by atoms with Crippen LogP contribution < -0.4 is 5.43 Å². The van der Waals surface area contributed by atoms with Gasteiger partial charge in [0.25, 0.3) is 6.54 Å². The van der Waals surface area contributed by atoms with Gasteiger partial charge in [-0.3, -0.25) is 5.43 Å². The van der Waals surface area contributed by atoms with E-state index in [0.717, 1.165) is 0 Å². The maximum absolute atomic E-state index is 12.5. The number of halogens is 5. The van der Waals surface area contributed by atoms with Gasteiger partial charge in [-0.25, -0.2) is 6.57 Å². The minimum absolute atomic E-state index is 0.0703. The average Bonchev–Trinajstić information content (AvgIpc) is 2.35. The Bertz CT molecular complexity index is 603. The lowest BCUT2D eigenvalue weighted by Gasteiger charge is -2.11. The van der Waals surface area contributed by atoms with Gasteiger partial charge in [0, 0.05) is 0 Å². The summed E-state index contributed by atoms with van der Waals surface area (Å²) in [5, 5.41) is 11.6. The Morgan fingerprint density at radius 1 is 1.40 bits per heavy atom. The average molecular weight is 321 g/mol. The van der Waals surface area contributed by atoms with E-state index in [-0.39, 0.29) is 28.0 Å². The van der Waals surface area contributed by atoms with Crippen molar-refractivity contribution in [2.45, 2.75) is 6.18 Å². The highest BCUT2D eigenvalue weighted by atomic mass is 35.5. The predicted molar refractivity (Wildman–Crippen MR) is 69.6 cm³/mol. The van der Waals surface area contributed by atoms with E-state index in [1.807, 2.05) is 0 Å². The Hall–Kier alpha value is -1.96. The van der Waals surface area contributed by atoms with E-state index in [2.05, 4.69) is 15.4 Å². The first-order valence-electron chi connectivity index (χ1n) is 4.91. The number of nitriles is 1. The summed E-state index contributed by atoms with van der Waals surface area (Å²) in [5.74, 6) is 0. The molecule has 0 aliphatic rings. The number of hydrogen-bond donors (Lipinski definition) is 1. The standard InChI is InChI=1S/C11H5Cl2F3N4/c1-18-5-7(4-17)19-20-10-8(12)2-6(3-9(10)13)11(14,15)16/h2-3,20H,5H2/b19-7-. The van der Waals surface area contributed by atoms with Gasteiger partial charge in [-0.2, -0.15) is 23.5 Å². The zero-order valence-electron chi connectivity index (χ0n) is 9.59. The van der Waals surface area contributed by atoms with Crippen molar-refractivity contribution in [2.24, 2.45) is 5.10 Å². The number of anilines is 1. The number of benzene rings is 1. The lowest BCUT2D eigenvalue weighted by atomic mass is 10.2. The molecule has 104 valence electrons. The fourth-order valence-corrected chi connectivity index (χ4v) is 1.71. The minimum Gasteiger partial charge on any atom is -0.309 e. The molecule has 0 saturated carbocycles. The zero-order chi connectivity index (χ0) is 15.3. The largest absolute Gasteiger partial charge is 0.416 e. The molecule has 20 heavy (non-hydrogen) atoms. The molecule has 0 radical (unpaired) electrons. The third kappa shape index (κ3) is 4.02. The van der Waals surface area contributed by atoms with E-state index >= 15 is 0 Å². The number of rotatable bonds is 3. The summed E-state index contributed by atoms with van der Waals surface area (Å²) in [7, 11) is 0. The van der Waals surface area contributed by atoms with Gasteiger partial charge in [-0.15, -0.1) is 0 Å². The highest BCUT2D eigenvalue weighted by Crippen LogP contribution is 2.38. The third-order valence-electron chi connectivity index (χ3n) is 2.03. The van der Waals surface area contributed by atoms with Crippen LogP contribution in [-0.4, -0.2) is 12.3 Å². The molecular weight excluding hydrogens is 316 g/mol. The van der Waals surface area contributed by atoms with E-state index in [4.69, 9.17) is 35.0 Å². The van der Waals surface area contributed by atoms with Crippen molar-refractivity contribution in [2.75, 3.05) is 12.0 Å². The Morgan fingerprint density at radius 3 is 2.35 bits per heavy atom. The quantitative estimate of drug-likeness (QED) is 0.515. The van der Waals surface area contributed by atoms with Crippen LogP contribution in [0.4, 0.5) is 18.9 Å². The first-order chi connectivity index (χ1) is 9.29. The molecule has 1 aromatic rings. The van der Waals surface area contributed by atoms with E-state index < -0.39 is 11.7 Å². The molecule has 0 saturated heterocycles. The molecule has 0 bridgehead atoms. The molecule has 0 aromatic heterocycles. The van der Waals surface area contributed by atoms with Crippen molar-refractivity contribution in [3.63, 3.8) is 0 Å². The summed E-state index contributed by atoms with van der Waals surface area (Å²) < 4.78 is 37.5. The topological polar surface area (TPSA) is 52.5 Å². The Kier molecular flexibility index (Phi) is 5.20. The van der Waals surface area contributed by atoms with Crippen molar-refractivity contribution in [3.05, 3.63) is 39.2 Å². The van der Waals surface area contributed by atoms with Crippen LogP contribution in [0.5, 0.6) is 0 Å². The predicted octanol–water partition coefficient (Wildman–Crippen LogP) is 4.22. The van der Waals surface area contributed by atoms with Crippen molar-refractivity contribution in [3.8, 4) is 6.07 Å². The van der Waals surface area contributed by atoms with E-state index in [1.54, 1.807) is 6.07 Å². The normalized spacial score (nSPS) is 11.7. The smallest absolute Gasteiger partial charge is 0.309 e. The van der Waals surface area contributed by atoms with E-state index in [9.17, 15) is 13.2 Å². The second-order valence-electron chi connectivity index (χ2n) is 3.41. The number of nitrogens with one attached hydrogen (secondary N) is 1. The van der Waals surface area contributed by atoms with Gasteiger partial charge in [-0.05, 0) is 12.1 Å². The van der Waals surface area contributed by atoms with Crippen molar-refractivity contribution in [1.29, 1.82) is 5.26 Å². The molecule has 0 aliphatic carbocycles. The lowest BCUT2D eigenvalue weighted by molar-refractivity contribution is -0.137. The highest BCUT2D eigenvalue weighted by molar-refractivity contribution is 6.39. The fraction of sp³-hybridized carbons (Fsp3) is 0.182. The molecule has 0 heterocycles. The Morgan fingerprint density at radius 2 is 1.95 bits per heavy atom. The van der Waals surface area contributed by atoms with Crippen molar-refractivity contribution < 1.29 is 13.2 Å². The minimum atomic E-state index is -4.57. The van der Waals surface area contributed by atoms with Crippen LogP contribution in [0.15, 0.2) is 17.2 Å². The van der Waals surface area contributed by atoms with Gasteiger partial charge in [-0.1, -0.05) is 23.2 Å². The molecule has 9 heteroatoms. The second kappa shape index (κ2) is 6.47. The molecule has 0 amide bonds. The second-order valence-corrected chi connectivity index (χ2v) is 4.23. The van der Waals surface area contributed by atoms with E-state index in [1.165, 1.54) is 0 Å².